The van der Waals surface area contributed by atoms with E-state index in [2.05, 4.69) is 64.1 Å². The molecule has 0 spiro atoms. The lowest BCUT2D eigenvalue weighted by molar-refractivity contribution is 0.201. The summed E-state index contributed by atoms with van der Waals surface area (Å²) in [5.74, 6) is 0. The third-order valence-corrected chi connectivity index (χ3v) is 4.19. The topological polar surface area (TPSA) is 42.1 Å². The summed E-state index contributed by atoms with van der Waals surface area (Å²) in [6, 6.07) is 12.8. The van der Waals surface area contributed by atoms with Crippen LogP contribution in [0.5, 0.6) is 0 Å². The Labute approximate surface area is 135 Å². The molecule has 1 heterocycles. The van der Waals surface area contributed by atoms with Crippen molar-refractivity contribution in [3.63, 3.8) is 0 Å². The normalized spacial score (nSPS) is 14.1. The number of hydrogen-bond donors (Lipinski definition) is 1. The Balaban J connectivity index is 2.23. The zero-order chi connectivity index (χ0) is 15.2. The maximum absolute atomic E-state index is 6.38. The Bertz CT molecular complexity index is 559. The van der Waals surface area contributed by atoms with E-state index < -0.39 is 0 Å². The van der Waals surface area contributed by atoms with Crippen LogP contribution in [0.2, 0.25) is 0 Å². The van der Waals surface area contributed by atoms with E-state index in [0.29, 0.717) is 0 Å². The number of likely N-dealkylation sites (N-methyl/N-ethyl adjacent to an activating group) is 1. The number of nitrogens with two attached hydrogens (primary N) is 1. The predicted octanol–water partition coefficient (Wildman–Crippen LogP) is 3.75. The predicted molar refractivity (Wildman–Crippen MR) is 90.9 cm³/mol. The molecule has 0 saturated carbocycles. The van der Waals surface area contributed by atoms with Gasteiger partial charge in [-0.05, 0) is 42.8 Å². The summed E-state index contributed by atoms with van der Waals surface area (Å²) in [4.78, 5) is 6.48. The van der Waals surface area contributed by atoms with Crippen LogP contribution in [-0.4, -0.2) is 23.0 Å². The van der Waals surface area contributed by atoms with Crippen molar-refractivity contribution >= 4 is 15.9 Å². The SMILES string of the molecule is CCC(N)C(c1cccc(Br)c1)N(C)Cc1cccnc1. The maximum Gasteiger partial charge on any atom is 0.0499 e. The van der Waals surface area contributed by atoms with Crippen molar-refractivity contribution in [1.82, 2.24) is 9.88 Å². The zero-order valence-corrected chi connectivity index (χ0v) is 14.1. The van der Waals surface area contributed by atoms with Crippen molar-refractivity contribution in [1.29, 1.82) is 0 Å². The molecule has 1 aromatic heterocycles. The first-order chi connectivity index (χ1) is 10.1. The van der Waals surface area contributed by atoms with E-state index in [1.807, 2.05) is 18.3 Å². The van der Waals surface area contributed by atoms with Crippen LogP contribution in [0, 0.1) is 0 Å². The first kappa shape index (κ1) is 16.1. The number of benzene rings is 1. The molecular formula is C17H22BrN3. The summed E-state index contributed by atoms with van der Waals surface area (Å²) in [6.45, 7) is 2.96. The Morgan fingerprint density at radius 1 is 1.29 bits per heavy atom. The van der Waals surface area contributed by atoms with Gasteiger partial charge in [0.25, 0.3) is 0 Å². The summed E-state index contributed by atoms with van der Waals surface area (Å²) in [7, 11) is 2.12. The number of halogens is 1. The molecule has 0 fully saturated rings. The van der Waals surface area contributed by atoms with Crippen LogP contribution >= 0.6 is 15.9 Å². The number of hydrogen-bond acceptors (Lipinski definition) is 3. The van der Waals surface area contributed by atoms with Crippen LogP contribution in [0.4, 0.5) is 0 Å². The smallest absolute Gasteiger partial charge is 0.0499 e. The summed E-state index contributed by atoms with van der Waals surface area (Å²) >= 11 is 3.55. The molecule has 0 bridgehead atoms. The van der Waals surface area contributed by atoms with E-state index in [0.717, 1.165) is 17.4 Å². The number of nitrogens with zero attached hydrogens (tertiary/aromatic N) is 2. The van der Waals surface area contributed by atoms with Crippen LogP contribution < -0.4 is 5.73 Å². The second kappa shape index (κ2) is 7.69. The van der Waals surface area contributed by atoms with E-state index in [1.54, 1.807) is 6.20 Å². The van der Waals surface area contributed by atoms with Gasteiger partial charge < -0.3 is 5.73 Å². The second-order valence-corrected chi connectivity index (χ2v) is 6.26. The molecule has 3 nitrogen and oxygen atoms in total. The van der Waals surface area contributed by atoms with E-state index in [1.165, 1.54) is 11.1 Å². The standard InChI is InChI=1S/C17H22BrN3/c1-3-16(19)17(14-7-4-8-15(18)10-14)21(2)12-13-6-5-9-20-11-13/h4-11,16-17H,3,12,19H2,1-2H3. The molecular weight excluding hydrogens is 326 g/mol. The van der Waals surface area contributed by atoms with Gasteiger partial charge >= 0.3 is 0 Å². The van der Waals surface area contributed by atoms with Gasteiger partial charge in [0.15, 0.2) is 0 Å². The maximum atomic E-state index is 6.38. The van der Waals surface area contributed by atoms with Gasteiger partial charge in [0, 0.05) is 35.5 Å². The van der Waals surface area contributed by atoms with Gasteiger partial charge in [0.1, 0.15) is 0 Å². The van der Waals surface area contributed by atoms with Gasteiger partial charge in [-0.1, -0.05) is 41.1 Å². The van der Waals surface area contributed by atoms with Crippen LogP contribution in [0.25, 0.3) is 0 Å². The van der Waals surface area contributed by atoms with Crippen molar-refractivity contribution in [2.24, 2.45) is 5.73 Å². The van der Waals surface area contributed by atoms with Gasteiger partial charge in [-0.25, -0.2) is 0 Å². The van der Waals surface area contributed by atoms with E-state index in [4.69, 9.17) is 5.73 Å². The molecule has 4 heteroatoms. The Morgan fingerprint density at radius 3 is 2.71 bits per heavy atom. The molecule has 0 aliphatic heterocycles. The highest BCUT2D eigenvalue weighted by atomic mass is 79.9. The minimum absolute atomic E-state index is 0.0981. The quantitative estimate of drug-likeness (QED) is 0.864. The Morgan fingerprint density at radius 2 is 2.10 bits per heavy atom. The van der Waals surface area contributed by atoms with Crippen LogP contribution in [0.3, 0.4) is 0 Å². The van der Waals surface area contributed by atoms with Gasteiger partial charge in [-0.15, -0.1) is 0 Å². The van der Waals surface area contributed by atoms with Gasteiger partial charge in [-0.2, -0.15) is 0 Å². The lowest BCUT2D eigenvalue weighted by Crippen LogP contribution is -2.38. The average Bonchev–Trinajstić information content (AvgIpc) is 2.48. The fourth-order valence-corrected chi connectivity index (χ4v) is 3.04. The van der Waals surface area contributed by atoms with Crippen molar-refractivity contribution in [2.45, 2.75) is 32.0 Å². The second-order valence-electron chi connectivity index (χ2n) is 5.35. The van der Waals surface area contributed by atoms with E-state index in [9.17, 15) is 0 Å². The monoisotopic (exact) mass is 347 g/mol. The molecule has 2 atom stereocenters. The highest BCUT2D eigenvalue weighted by molar-refractivity contribution is 9.10. The summed E-state index contributed by atoms with van der Waals surface area (Å²) in [5, 5.41) is 0. The van der Waals surface area contributed by atoms with Crippen molar-refractivity contribution in [2.75, 3.05) is 7.05 Å². The molecule has 2 aromatic rings. The molecule has 0 radical (unpaired) electrons. The molecule has 0 aliphatic rings. The summed E-state index contributed by atoms with van der Waals surface area (Å²) in [5.41, 5.74) is 8.82. The van der Waals surface area contributed by atoms with E-state index in [-0.39, 0.29) is 12.1 Å². The van der Waals surface area contributed by atoms with Crippen molar-refractivity contribution < 1.29 is 0 Å². The number of aromatic nitrogens is 1. The van der Waals surface area contributed by atoms with E-state index >= 15 is 0 Å². The third kappa shape index (κ3) is 4.37. The average molecular weight is 348 g/mol. The minimum atomic E-state index is 0.0981. The fraction of sp³-hybridized carbons (Fsp3) is 0.353. The molecule has 0 aliphatic carbocycles. The molecule has 2 rings (SSSR count). The van der Waals surface area contributed by atoms with Gasteiger partial charge in [-0.3, -0.25) is 9.88 Å². The third-order valence-electron chi connectivity index (χ3n) is 3.70. The van der Waals surface area contributed by atoms with Crippen molar-refractivity contribution in [3.05, 3.63) is 64.4 Å². The highest BCUT2D eigenvalue weighted by Gasteiger charge is 2.23. The van der Waals surface area contributed by atoms with Crippen LogP contribution in [0.15, 0.2) is 53.3 Å². The molecule has 2 unspecified atom stereocenters. The lowest BCUT2D eigenvalue weighted by Gasteiger charge is -2.33. The molecule has 1 aromatic carbocycles. The van der Waals surface area contributed by atoms with Crippen molar-refractivity contribution in [3.8, 4) is 0 Å². The number of rotatable bonds is 6. The molecule has 0 amide bonds. The highest BCUT2D eigenvalue weighted by Crippen LogP contribution is 2.27. The molecule has 21 heavy (non-hydrogen) atoms. The number of pyridine rings is 1. The molecule has 2 N–H and O–H groups in total. The zero-order valence-electron chi connectivity index (χ0n) is 12.5. The fourth-order valence-electron chi connectivity index (χ4n) is 2.62. The van der Waals surface area contributed by atoms with Gasteiger partial charge in [0.05, 0.1) is 0 Å². The summed E-state index contributed by atoms with van der Waals surface area (Å²) in [6.07, 6.45) is 4.65. The molecule has 112 valence electrons. The minimum Gasteiger partial charge on any atom is -0.326 e. The Kier molecular flexibility index (Phi) is 5.91. The lowest BCUT2D eigenvalue weighted by atomic mass is 9.96. The largest absolute Gasteiger partial charge is 0.326 e. The van der Waals surface area contributed by atoms with Crippen LogP contribution in [0.1, 0.15) is 30.5 Å². The first-order valence-corrected chi connectivity index (χ1v) is 8.01. The first-order valence-electron chi connectivity index (χ1n) is 7.22. The Hall–Kier alpha value is -1.23. The van der Waals surface area contributed by atoms with Gasteiger partial charge in [0.2, 0.25) is 0 Å². The molecule has 0 saturated heterocycles. The summed E-state index contributed by atoms with van der Waals surface area (Å²) < 4.78 is 1.09. The van der Waals surface area contributed by atoms with Crippen LogP contribution in [-0.2, 0) is 6.54 Å².